The SMILES string of the molecule is O=C(CC1CNCCO1)NCC1(C2CC2)CC1. The molecule has 0 aromatic carbocycles. The molecule has 1 saturated heterocycles. The van der Waals surface area contributed by atoms with Crippen molar-refractivity contribution >= 4 is 5.91 Å². The maximum Gasteiger partial charge on any atom is 0.222 e. The van der Waals surface area contributed by atoms with E-state index in [1.54, 1.807) is 0 Å². The van der Waals surface area contributed by atoms with E-state index < -0.39 is 0 Å². The first-order valence-corrected chi connectivity index (χ1v) is 6.88. The summed E-state index contributed by atoms with van der Waals surface area (Å²) in [5, 5.41) is 6.36. The third-order valence-electron chi connectivity index (χ3n) is 4.39. The molecule has 1 unspecified atom stereocenters. The van der Waals surface area contributed by atoms with Crippen LogP contribution in [0.2, 0.25) is 0 Å². The summed E-state index contributed by atoms with van der Waals surface area (Å²) >= 11 is 0. The summed E-state index contributed by atoms with van der Waals surface area (Å²) < 4.78 is 5.53. The molecule has 0 aromatic heterocycles. The second-order valence-corrected chi connectivity index (χ2v) is 5.81. The fourth-order valence-electron chi connectivity index (χ4n) is 2.89. The average Bonchev–Trinajstić information content (AvgIpc) is 3.20. The van der Waals surface area contributed by atoms with Crippen LogP contribution >= 0.6 is 0 Å². The van der Waals surface area contributed by atoms with Crippen LogP contribution in [-0.2, 0) is 9.53 Å². The van der Waals surface area contributed by atoms with Crippen LogP contribution < -0.4 is 10.6 Å². The summed E-state index contributed by atoms with van der Waals surface area (Å²) in [5.41, 5.74) is 0.501. The van der Waals surface area contributed by atoms with E-state index in [1.165, 1.54) is 25.7 Å². The third-order valence-corrected chi connectivity index (χ3v) is 4.39. The van der Waals surface area contributed by atoms with Crippen molar-refractivity contribution in [1.29, 1.82) is 0 Å². The van der Waals surface area contributed by atoms with Crippen molar-refractivity contribution in [1.82, 2.24) is 10.6 Å². The number of amides is 1. The van der Waals surface area contributed by atoms with Crippen LogP contribution in [0.4, 0.5) is 0 Å². The van der Waals surface area contributed by atoms with E-state index in [4.69, 9.17) is 4.74 Å². The molecular weight excluding hydrogens is 216 g/mol. The van der Waals surface area contributed by atoms with Gasteiger partial charge in [0.25, 0.3) is 0 Å². The molecule has 3 fully saturated rings. The summed E-state index contributed by atoms with van der Waals surface area (Å²) in [6, 6.07) is 0. The molecule has 0 aromatic rings. The second-order valence-electron chi connectivity index (χ2n) is 5.81. The Morgan fingerprint density at radius 2 is 2.24 bits per heavy atom. The van der Waals surface area contributed by atoms with E-state index in [2.05, 4.69) is 10.6 Å². The highest BCUT2D eigenvalue weighted by Crippen LogP contribution is 2.60. The Balaban J connectivity index is 1.38. The Morgan fingerprint density at radius 3 is 2.82 bits per heavy atom. The minimum absolute atomic E-state index is 0.0693. The second kappa shape index (κ2) is 4.58. The Hall–Kier alpha value is -0.610. The zero-order valence-corrected chi connectivity index (χ0v) is 10.3. The maximum absolute atomic E-state index is 11.8. The Kier molecular flexibility index (Phi) is 3.09. The first-order chi connectivity index (χ1) is 8.28. The highest BCUT2D eigenvalue weighted by molar-refractivity contribution is 5.76. The monoisotopic (exact) mass is 238 g/mol. The minimum Gasteiger partial charge on any atom is -0.375 e. The average molecular weight is 238 g/mol. The number of morpholine rings is 1. The van der Waals surface area contributed by atoms with Crippen molar-refractivity contribution in [3.63, 3.8) is 0 Å². The lowest BCUT2D eigenvalue weighted by Gasteiger charge is -2.23. The van der Waals surface area contributed by atoms with Gasteiger partial charge in [0.1, 0.15) is 0 Å². The van der Waals surface area contributed by atoms with Gasteiger partial charge in [-0.1, -0.05) is 0 Å². The van der Waals surface area contributed by atoms with Gasteiger partial charge >= 0.3 is 0 Å². The number of hydrogen-bond donors (Lipinski definition) is 2. The topological polar surface area (TPSA) is 50.4 Å². The van der Waals surface area contributed by atoms with Crippen molar-refractivity contribution in [2.45, 2.75) is 38.2 Å². The van der Waals surface area contributed by atoms with Crippen molar-refractivity contribution in [2.75, 3.05) is 26.2 Å². The van der Waals surface area contributed by atoms with Crippen LogP contribution in [0.3, 0.4) is 0 Å². The van der Waals surface area contributed by atoms with Crippen LogP contribution in [0, 0.1) is 11.3 Å². The van der Waals surface area contributed by atoms with Gasteiger partial charge in [-0.15, -0.1) is 0 Å². The van der Waals surface area contributed by atoms with E-state index in [-0.39, 0.29) is 12.0 Å². The lowest BCUT2D eigenvalue weighted by atomic mass is 10.0. The van der Waals surface area contributed by atoms with Gasteiger partial charge in [0.2, 0.25) is 5.91 Å². The van der Waals surface area contributed by atoms with Crippen molar-refractivity contribution < 1.29 is 9.53 Å². The predicted molar refractivity (Wildman–Crippen MR) is 64.6 cm³/mol. The molecule has 0 bridgehead atoms. The van der Waals surface area contributed by atoms with Gasteiger partial charge < -0.3 is 15.4 Å². The molecule has 17 heavy (non-hydrogen) atoms. The summed E-state index contributed by atoms with van der Waals surface area (Å²) in [6.07, 6.45) is 5.98. The van der Waals surface area contributed by atoms with E-state index in [1.807, 2.05) is 0 Å². The van der Waals surface area contributed by atoms with Crippen LogP contribution in [0.15, 0.2) is 0 Å². The minimum atomic E-state index is 0.0693. The number of carbonyl (C=O) groups excluding carboxylic acids is 1. The molecular formula is C13H22N2O2. The van der Waals surface area contributed by atoms with Gasteiger partial charge in [-0.05, 0) is 37.0 Å². The van der Waals surface area contributed by atoms with E-state index in [9.17, 15) is 4.79 Å². The van der Waals surface area contributed by atoms with Gasteiger partial charge in [0.15, 0.2) is 0 Å². The molecule has 3 rings (SSSR count). The first-order valence-electron chi connectivity index (χ1n) is 6.88. The van der Waals surface area contributed by atoms with E-state index >= 15 is 0 Å². The molecule has 96 valence electrons. The van der Waals surface area contributed by atoms with Crippen LogP contribution in [0.25, 0.3) is 0 Å². The molecule has 2 saturated carbocycles. The molecule has 0 spiro atoms. The molecule has 1 heterocycles. The standard InChI is InChI=1S/C13H22N2O2/c16-12(7-11-8-14-5-6-17-11)15-9-13(3-4-13)10-1-2-10/h10-11,14H,1-9H2,(H,15,16). The number of nitrogens with one attached hydrogen (secondary N) is 2. The Morgan fingerprint density at radius 1 is 1.41 bits per heavy atom. The van der Waals surface area contributed by atoms with Gasteiger partial charge in [-0.25, -0.2) is 0 Å². The molecule has 1 aliphatic heterocycles. The number of rotatable bonds is 5. The van der Waals surface area contributed by atoms with Gasteiger partial charge in [-0.3, -0.25) is 4.79 Å². The summed E-state index contributed by atoms with van der Waals surface area (Å²) in [5.74, 6) is 1.07. The fraction of sp³-hybridized carbons (Fsp3) is 0.923. The Labute approximate surface area is 102 Å². The maximum atomic E-state index is 11.8. The summed E-state index contributed by atoms with van der Waals surface area (Å²) in [6.45, 7) is 3.34. The highest BCUT2D eigenvalue weighted by Gasteiger charge is 2.53. The van der Waals surface area contributed by atoms with Crippen molar-refractivity contribution in [3.05, 3.63) is 0 Å². The molecule has 0 radical (unpaired) electrons. The van der Waals surface area contributed by atoms with Gasteiger partial charge in [-0.2, -0.15) is 0 Å². The molecule has 3 aliphatic rings. The number of carbonyl (C=O) groups is 1. The van der Waals surface area contributed by atoms with Crippen molar-refractivity contribution in [2.24, 2.45) is 11.3 Å². The normalized spacial score (nSPS) is 30.9. The van der Waals surface area contributed by atoms with Crippen LogP contribution in [0.5, 0.6) is 0 Å². The quantitative estimate of drug-likeness (QED) is 0.740. The third kappa shape index (κ3) is 2.80. The molecule has 2 aliphatic carbocycles. The number of hydrogen-bond acceptors (Lipinski definition) is 3. The van der Waals surface area contributed by atoms with E-state index in [0.717, 1.165) is 32.2 Å². The summed E-state index contributed by atoms with van der Waals surface area (Å²) in [7, 11) is 0. The number of ether oxygens (including phenoxy) is 1. The van der Waals surface area contributed by atoms with Crippen molar-refractivity contribution in [3.8, 4) is 0 Å². The fourth-order valence-corrected chi connectivity index (χ4v) is 2.89. The van der Waals surface area contributed by atoms with Crippen LogP contribution in [-0.4, -0.2) is 38.3 Å². The van der Waals surface area contributed by atoms with Crippen LogP contribution in [0.1, 0.15) is 32.1 Å². The lowest BCUT2D eigenvalue weighted by molar-refractivity contribution is -0.124. The Bertz CT molecular complexity index is 292. The predicted octanol–water partition coefficient (Wildman–Crippen LogP) is 0.671. The largest absolute Gasteiger partial charge is 0.375 e. The molecule has 4 heteroatoms. The highest BCUT2D eigenvalue weighted by atomic mass is 16.5. The molecule has 1 amide bonds. The zero-order chi connectivity index (χ0) is 11.7. The van der Waals surface area contributed by atoms with Gasteiger partial charge in [0.05, 0.1) is 19.1 Å². The summed E-state index contributed by atoms with van der Waals surface area (Å²) in [4.78, 5) is 11.8. The molecule has 1 atom stereocenters. The lowest BCUT2D eigenvalue weighted by Crippen LogP contribution is -2.42. The van der Waals surface area contributed by atoms with E-state index in [0.29, 0.717) is 11.8 Å². The molecule has 4 nitrogen and oxygen atoms in total. The first kappa shape index (κ1) is 11.5. The smallest absolute Gasteiger partial charge is 0.222 e. The van der Waals surface area contributed by atoms with Gasteiger partial charge in [0, 0.05) is 19.6 Å². The molecule has 2 N–H and O–H groups in total. The zero-order valence-electron chi connectivity index (χ0n) is 10.3.